The third-order valence-corrected chi connectivity index (χ3v) is 4.79. The maximum absolute atomic E-state index is 12.4. The zero-order valence-electron chi connectivity index (χ0n) is 14.1. The van der Waals surface area contributed by atoms with Crippen molar-refractivity contribution in [3.8, 4) is 0 Å². The highest BCUT2D eigenvalue weighted by atomic mass is 16.2. The number of hydrogen-bond acceptors (Lipinski definition) is 4. The van der Waals surface area contributed by atoms with Crippen LogP contribution in [-0.2, 0) is 16.0 Å². The molecule has 2 aliphatic rings. The minimum Gasteiger partial charge on any atom is -0.353 e. The number of carbonyl (C=O) groups is 3. The maximum Gasteiger partial charge on any atom is 0.251 e. The molecule has 0 bridgehead atoms. The van der Waals surface area contributed by atoms with E-state index in [1.54, 1.807) is 18.2 Å². The van der Waals surface area contributed by atoms with Crippen LogP contribution in [0.4, 0.5) is 5.69 Å². The normalized spacial score (nSPS) is 22.0. The molecule has 3 rings (SSSR count). The summed E-state index contributed by atoms with van der Waals surface area (Å²) in [5.74, 6) is -0.156. The lowest BCUT2D eigenvalue weighted by Crippen LogP contribution is -2.44. The molecule has 0 atom stereocenters. The van der Waals surface area contributed by atoms with Gasteiger partial charge in [-0.15, -0.1) is 0 Å². The van der Waals surface area contributed by atoms with Gasteiger partial charge in [-0.05, 0) is 49.4 Å². The number of amides is 3. The Hall–Kier alpha value is -2.41. The molecule has 1 heterocycles. The fraction of sp³-hybridized carbons (Fsp3) is 0.500. The first-order valence-corrected chi connectivity index (χ1v) is 8.78. The molecule has 5 N–H and O–H groups in total. The van der Waals surface area contributed by atoms with Gasteiger partial charge in [0.25, 0.3) is 5.91 Å². The Morgan fingerprint density at radius 1 is 1.12 bits per heavy atom. The third kappa shape index (κ3) is 4.36. The van der Waals surface area contributed by atoms with Crippen molar-refractivity contribution in [2.75, 3.05) is 11.9 Å². The molecular formula is C18H24N4O3. The van der Waals surface area contributed by atoms with Crippen molar-refractivity contribution >= 4 is 23.4 Å². The zero-order valence-corrected chi connectivity index (χ0v) is 14.1. The molecule has 0 aromatic heterocycles. The fourth-order valence-corrected chi connectivity index (χ4v) is 3.45. The van der Waals surface area contributed by atoms with Crippen LogP contribution >= 0.6 is 0 Å². The molecule has 1 fully saturated rings. The van der Waals surface area contributed by atoms with E-state index < -0.39 is 0 Å². The van der Waals surface area contributed by atoms with Crippen LogP contribution in [0.2, 0.25) is 0 Å². The Kier molecular flexibility index (Phi) is 5.33. The third-order valence-electron chi connectivity index (χ3n) is 4.79. The summed E-state index contributed by atoms with van der Waals surface area (Å²) in [6.07, 6.45) is 4.05. The minimum atomic E-state index is -0.113. The zero-order chi connectivity index (χ0) is 17.8. The van der Waals surface area contributed by atoms with Crippen molar-refractivity contribution < 1.29 is 14.4 Å². The SMILES string of the molecule is NCCC(=O)N[C@H]1CC[C@H](NC(=O)c2ccc3c(c2)CC(=O)N3)CC1. The van der Waals surface area contributed by atoms with E-state index in [1.807, 2.05) is 0 Å². The fourth-order valence-electron chi connectivity index (χ4n) is 3.45. The summed E-state index contributed by atoms with van der Waals surface area (Å²) in [5, 5.41) is 8.81. The molecule has 7 nitrogen and oxygen atoms in total. The van der Waals surface area contributed by atoms with Gasteiger partial charge in [0, 0.05) is 36.3 Å². The first-order chi connectivity index (χ1) is 12.0. The second-order valence-electron chi connectivity index (χ2n) is 6.73. The second kappa shape index (κ2) is 7.65. The van der Waals surface area contributed by atoms with Gasteiger partial charge in [0.05, 0.1) is 6.42 Å². The van der Waals surface area contributed by atoms with E-state index >= 15 is 0 Å². The number of rotatable bonds is 5. The van der Waals surface area contributed by atoms with Gasteiger partial charge in [-0.2, -0.15) is 0 Å². The molecule has 134 valence electrons. The number of fused-ring (bicyclic) bond motifs is 1. The Labute approximate surface area is 146 Å². The average molecular weight is 344 g/mol. The predicted octanol–water partition coefficient (Wildman–Crippen LogP) is 0.687. The lowest BCUT2D eigenvalue weighted by molar-refractivity contribution is -0.121. The molecule has 0 unspecified atom stereocenters. The molecule has 0 saturated heterocycles. The molecule has 1 aliphatic carbocycles. The molecule has 1 saturated carbocycles. The number of nitrogens with one attached hydrogen (secondary N) is 3. The van der Waals surface area contributed by atoms with Gasteiger partial charge in [0.15, 0.2) is 0 Å². The Balaban J connectivity index is 1.49. The summed E-state index contributed by atoms with van der Waals surface area (Å²) in [6.45, 7) is 0.360. The highest BCUT2D eigenvalue weighted by Gasteiger charge is 2.24. The van der Waals surface area contributed by atoms with Crippen LogP contribution in [0.3, 0.4) is 0 Å². The van der Waals surface area contributed by atoms with Crippen molar-refractivity contribution in [2.24, 2.45) is 5.73 Å². The maximum atomic E-state index is 12.4. The quantitative estimate of drug-likeness (QED) is 0.629. The van der Waals surface area contributed by atoms with E-state index in [0.717, 1.165) is 36.9 Å². The predicted molar refractivity (Wildman–Crippen MR) is 94.1 cm³/mol. The van der Waals surface area contributed by atoms with Crippen molar-refractivity contribution in [1.29, 1.82) is 0 Å². The van der Waals surface area contributed by atoms with Crippen LogP contribution < -0.4 is 21.7 Å². The van der Waals surface area contributed by atoms with Crippen LogP contribution in [0, 0.1) is 0 Å². The molecular weight excluding hydrogens is 320 g/mol. The summed E-state index contributed by atoms with van der Waals surface area (Å²) in [7, 11) is 0. The highest BCUT2D eigenvalue weighted by molar-refractivity contribution is 6.01. The van der Waals surface area contributed by atoms with Crippen LogP contribution in [0.25, 0.3) is 0 Å². The number of anilines is 1. The van der Waals surface area contributed by atoms with E-state index in [2.05, 4.69) is 16.0 Å². The first-order valence-electron chi connectivity index (χ1n) is 8.78. The lowest BCUT2D eigenvalue weighted by Gasteiger charge is -2.29. The second-order valence-corrected chi connectivity index (χ2v) is 6.73. The monoisotopic (exact) mass is 344 g/mol. The van der Waals surface area contributed by atoms with Crippen LogP contribution in [0.15, 0.2) is 18.2 Å². The summed E-state index contributed by atoms with van der Waals surface area (Å²) >= 11 is 0. The molecule has 7 heteroatoms. The minimum absolute atomic E-state index is 0.00344. The summed E-state index contributed by atoms with van der Waals surface area (Å²) in [6, 6.07) is 5.58. The number of nitrogens with two attached hydrogens (primary N) is 1. The largest absolute Gasteiger partial charge is 0.353 e. The molecule has 3 amide bonds. The lowest BCUT2D eigenvalue weighted by atomic mass is 9.90. The molecule has 0 spiro atoms. The van der Waals surface area contributed by atoms with Gasteiger partial charge < -0.3 is 21.7 Å². The Bertz CT molecular complexity index is 681. The van der Waals surface area contributed by atoms with E-state index in [9.17, 15) is 14.4 Å². The van der Waals surface area contributed by atoms with Crippen molar-refractivity contribution in [1.82, 2.24) is 10.6 Å². The van der Waals surface area contributed by atoms with Gasteiger partial charge in [-0.25, -0.2) is 0 Å². The number of benzene rings is 1. The van der Waals surface area contributed by atoms with Crippen molar-refractivity contribution in [3.63, 3.8) is 0 Å². The van der Waals surface area contributed by atoms with Gasteiger partial charge in [0.2, 0.25) is 11.8 Å². The smallest absolute Gasteiger partial charge is 0.251 e. The molecule has 1 aliphatic heterocycles. The van der Waals surface area contributed by atoms with Crippen molar-refractivity contribution in [2.45, 2.75) is 50.6 Å². The molecule has 25 heavy (non-hydrogen) atoms. The van der Waals surface area contributed by atoms with E-state index in [-0.39, 0.29) is 29.8 Å². The topological polar surface area (TPSA) is 113 Å². The van der Waals surface area contributed by atoms with Crippen LogP contribution in [-0.4, -0.2) is 36.3 Å². The first kappa shape index (κ1) is 17.4. The summed E-state index contributed by atoms with van der Waals surface area (Å²) < 4.78 is 0. The Morgan fingerprint density at radius 3 is 2.48 bits per heavy atom. The standard InChI is InChI=1S/C18H24N4O3/c19-8-7-16(23)20-13-2-4-14(5-3-13)21-18(25)11-1-6-15-12(9-11)10-17(24)22-15/h1,6,9,13-14H,2-5,7-8,10,19H2,(H,20,23)(H,21,25)(H,22,24)/t13-,14-. The van der Waals surface area contributed by atoms with Gasteiger partial charge >= 0.3 is 0 Å². The van der Waals surface area contributed by atoms with Gasteiger partial charge in [-0.3, -0.25) is 14.4 Å². The molecule has 1 aromatic rings. The van der Waals surface area contributed by atoms with Crippen LogP contribution in [0.5, 0.6) is 0 Å². The van der Waals surface area contributed by atoms with Crippen LogP contribution in [0.1, 0.15) is 48.0 Å². The van der Waals surface area contributed by atoms with E-state index in [0.29, 0.717) is 24.9 Å². The summed E-state index contributed by atoms with van der Waals surface area (Å²) in [4.78, 5) is 35.4. The van der Waals surface area contributed by atoms with E-state index in [4.69, 9.17) is 5.73 Å². The van der Waals surface area contributed by atoms with Gasteiger partial charge in [-0.1, -0.05) is 0 Å². The Morgan fingerprint density at radius 2 is 1.80 bits per heavy atom. The summed E-state index contributed by atoms with van der Waals surface area (Å²) in [5.41, 5.74) is 7.61. The highest BCUT2D eigenvalue weighted by Crippen LogP contribution is 2.24. The number of hydrogen-bond donors (Lipinski definition) is 4. The van der Waals surface area contributed by atoms with Crippen molar-refractivity contribution in [3.05, 3.63) is 29.3 Å². The molecule has 0 radical (unpaired) electrons. The number of carbonyl (C=O) groups excluding carboxylic acids is 3. The molecule has 1 aromatic carbocycles. The van der Waals surface area contributed by atoms with Gasteiger partial charge in [0.1, 0.15) is 0 Å². The average Bonchev–Trinajstić information content (AvgIpc) is 2.96. The van der Waals surface area contributed by atoms with E-state index in [1.165, 1.54) is 0 Å².